The first-order valence-electron chi connectivity index (χ1n) is 8.24. The molecule has 1 heterocycles. The molecule has 0 aliphatic heterocycles. The SMILES string of the molecule is OC/C=C/c1c(C2CC2)nc2ccccc2c1-c1ccc(F)cc1. The van der Waals surface area contributed by atoms with Crippen LogP contribution in [0.1, 0.15) is 30.0 Å². The van der Waals surface area contributed by atoms with Crippen LogP contribution >= 0.6 is 0 Å². The number of fused-ring (bicyclic) bond motifs is 1. The lowest BCUT2D eigenvalue weighted by Crippen LogP contribution is -1.98. The second-order valence-electron chi connectivity index (χ2n) is 6.17. The first-order chi connectivity index (χ1) is 11.8. The number of halogens is 1. The van der Waals surface area contributed by atoms with Gasteiger partial charge in [0, 0.05) is 22.4 Å². The zero-order valence-corrected chi connectivity index (χ0v) is 13.2. The Morgan fingerprint density at radius 3 is 2.54 bits per heavy atom. The number of aromatic nitrogens is 1. The van der Waals surface area contributed by atoms with Gasteiger partial charge in [-0.05, 0) is 36.6 Å². The highest BCUT2D eigenvalue weighted by atomic mass is 19.1. The Balaban J connectivity index is 2.06. The zero-order chi connectivity index (χ0) is 16.5. The summed E-state index contributed by atoms with van der Waals surface area (Å²) in [5.41, 5.74) is 5.11. The second-order valence-corrected chi connectivity index (χ2v) is 6.17. The second kappa shape index (κ2) is 6.17. The van der Waals surface area contributed by atoms with E-state index in [0.29, 0.717) is 5.92 Å². The van der Waals surface area contributed by atoms with Crippen LogP contribution in [0.4, 0.5) is 4.39 Å². The minimum atomic E-state index is -0.244. The quantitative estimate of drug-likeness (QED) is 0.740. The molecule has 0 saturated heterocycles. The van der Waals surface area contributed by atoms with Crippen LogP contribution in [-0.4, -0.2) is 16.7 Å². The fourth-order valence-corrected chi connectivity index (χ4v) is 3.18. The van der Waals surface area contributed by atoms with Crippen molar-refractivity contribution in [1.29, 1.82) is 0 Å². The molecule has 1 aliphatic rings. The number of pyridine rings is 1. The molecule has 2 nitrogen and oxygen atoms in total. The normalized spacial score (nSPS) is 14.6. The van der Waals surface area contributed by atoms with Gasteiger partial charge in [-0.25, -0.2) is 4.39 Å². The third-order valence-corrected chi connectivity index (χ3v) is 4.45. The number of benzene rings is 2. The minimum Gasteiger partial charge on any atom is -0.392 e. The summed E-state index contributed by atoms with van der Waals surface area (Å²) in [5, 5.41) is 10.3. The van der Waals surface area contributed by atoms with Crippen LogP contribution in [-0.2, 0) is 0 Å². The van der Waals surface area contributed by atoms with Crippen LogP contribution in [0.3, 0.4) is 0 Å². The van der Waals surface area contributed by atoms with Crippen molar-refractivity contribution >= 4 is 17.0 Å². The number of rotatable bonds is 4. The van der Waals surface area contributed by atoms with E-state index < -0.39 is 0 Å². The van der Waals surface area contributed by atoms with Crippen molar-refractivity contribution in [2.24, 2.45) is 0 Å². The first kappa shape index (κ1) is 15.0. The number of hydrogen-bond acceptors (Lipinski definition) is 2. The maximum Gasteiger partial charge on any atom is 0.123 e. The van der Waals surface area contributed by atoms with Crippen molar-refractivity contribution in [3.8, 4) is 11.1 Å². The standard InChI is InChI=1S/C21H18FNO/c22-16-11-9-14(10-12-16)20-17-4-1-2-6-19(17)23-21(15-7-8-15)18(20)5-3-13-24/h1-6,9-12,15,24H,7-8,13H2/b5-3+. The van der Waals surface area contributed by atoms with Gasteiger partial charge in [-0.15, -0.1) is 0 Å². The van der Waals surface area contributed by atoms with E-state index in [4.69, 9.17) is 4.98 Å². The molecule has 0 atom stereocenters. The van der Waals surface area contributed by atoms with Crippen LogP contribution in [0.2, 0.25) is 0 Å². The molecular formula is C21H18FNO. The van der Waals surface area contributed by atoms with Crippen LogP contribution < -0.4 is 0 Å². The topological polar surface area (TPSA) is 33.1 Å². The van der Waals surface area contributed by atoms with Gasteiger partial charge in [0.1, 0.15) is 5.82 Å². The van der Waals surface area contributed by atoms with Gasteiger partial charge in [0.05, 0.1) is 17.8 Å². The summed E-state index contributed by atoms with van der Waals surface area (Å²) in [7, 11) is 0. The molecule has 3 heteroatoms. The highest BCUT2D eigenvalue weighted by Gasteiger charge is 2.29. The van der Waals surface area contributed by atoms with Crippen LogP contribution in [0.5, 0.6) is 0 Å². The van der Waals surface area contributed by atoms with Crippen molar-refractivity contribution in [1.82, 2.24) is 4.98 Å². The predicted octanol–water partition coefficient (Wildman–Crippen LogP) is 4.92. The summed E-state index contributed by atoms with van der Waals surface area (Å²) in [4.78, 5) is 4.89. The average molecular weight is 319 g/mol. The maximum atomic E-state index is 13.4. The molecule has 0 amide bonds. The Hall–Kier alpha value is -2.52. The molecule has 0 unspecified atom stereocenters. The Morgan fingerprint density at radius 2 is 1.83 bits per heavy atom. The molecule has 24 heavy (non-hydrogen) atoms. The molecular weight excluding hydrogens is 301 g/mol. The number of aliphatic hydroxyl groups excluding tert-OH is 1. The highest BCUT2D eigenvalue weighted by molar-refractivity contribution is 5.99. The van der Waals surface area contributed by atoms with Gasteiger partial charge in [0.25, 0.3) is 0 Å². The molecule has 1 aromatic heterocycles. The van der Waals surface area contributed by atoms with E-state index in [0.717, 1.165) is 46.1 Å². The van der Waals surface area contributed by atoms with E-state index in [-0.39, 0.29) is 12.4 Å². The molecule has 0 spiro atoms. The molecule has 1 N–H and O–H groups in total. The van der Waals surface area contributed by atoms with Crippen molar-refractivity contribution in [3.05, 3.63) is 71.7 Å². The van der Waals surface area contributed by atoms with Gasteiger partial charge in [-0.1, -0.05) is 42.5 Å². The Kier molecular flexibility index (Phi) is 3.87. The van der Waals surface area contributed by atoms with Crippen LogP contribution in [0.25, 0.3) is 28.1 Å². The average Bonchev–Trinajstić information content (AvgIpc) is 3.44. The minimum absolute atomic E-state index is 0.0141. The summed E-state index contributed by atoms with van der Waals surface area (Å²) in [6, 6.07) is 14.6. The van der Waals surface area contributed by atoms with Gasteiger partial charge in [0.2, 0.25) is 0 Å². The molecule has 1 saturated carbocycles. The number of hydrogen-bond donors (Lipinski definition) is 1. The lowest BCUT2D eigenvalue weighted by atomic mass is 9.92. The maximum absolute atomic E-state index is 13.4. The summed E-state index contributed by atoms with van der Waals surface area (Å²) < 4.78 is 13.4. The zero-order valence-electron chi connectivity index (χ0n) is 13.2. The summed E-state index contributed by atoms with van der Waals surface area (Å²) in [6.45, 7) is -0.0141. The Labute approximate surface area is 140 Å². The van der Waals surface area contributed by atoms with Gasteiger partial charge in [-0.2, -0.15) is 0 Å². The van der Waals surface area contributed by atoms with E-state index in [1.807, 2.05) is 42.5 Å². The van der Waals surface area contributed by atoms with E-state index >= 15 is 0 Å². The lowest BCUT2D eigenvalue weighted by Gasteiger charge is -2.15. The molecule has 120 valence electrons. The fourth-order valence-electron chi connectivity index (χ4n) is 3.18. The van der Waals surface area contributed by atoms with Gasteiger partial charge in [-0.3, -0.25) is 4.98 Å². The fraction of sp³-hybridized carbons (Fsp3) is 0.190. The predicted molar refractivity (Wildman–Crippen MR) is 95.2 cm³/mol. The lowest BCUT2D eigenvalue weighted by molar-refractivity contribution is 0.343. The monoisotopic (exact) mass is 319 g/mol. The number of aliphatic hydroxyl groups is 1. The molecule has 0 bridgehead atoms. The molecule has 2 aromatic carbocycles. The summed E-state index contributed by atoms with van der Waals surface area (Å²) >= 11 is 0. The Bertz CT molecular complexity index is 911. The Morgan fingerprint density at radius 1 is 1.08 bits per heavy atom. The van der Waals surface area contributed by atoms with Crippen molar-refractivity contribution in [3.63, 3.8) is 0 Å². The van der Waals surface area contributed by atoms with Gasteiger partial charge >= 0.3 is 0 Å². The van der Waals surface area contributed by atoms with Gasteiger partial charge in [0.15, 0.2) is 0 Å². The largest absolute Gasteiger partial charge is 0.392 e. The summed E-state index contributed by atoms with van der Waals surface area (Å²) in [6.07, 6.45) is 5.98. The molecule has 1 fully saturated rings. The number of nitrogens with zero attached hydrogens (tertiary/aromatic N) is 1. The van der Waals surface area contributed by atoms with E-state index in [9.17, 15) is 9.50 Å². The van der Waals surface area contributed by atoms with E-state index in [1.54, 1.807) is 6.08 Å². The number of para-hydroxylation sites is 1. The first-order valence-corrected chi connectivity index (χ1v) is 8.24. The molecule has 4 rings (SSSR count). The van der Waals surface area contributed by atoms with Crippen molar-refractivity contribution in [2.75, 3.05) is 6.61 Å². The smallest absolute Gasteiger partial charge is 0.123 e. The van der Waals surface area contributed by atoms with E-state index in [1.165, 1.54) is 12.1 Å². The third kappa shape index (κ3) is 2.72. The van der Waals surface area contributed by atoms with Crippen molar-refractivity contribution in [2.45, 2.75) is 18.8 Å². The highest BCUT2D eigenvalue weighted by Crippen LogP contribution is 2.45. The van der Waals surface area contributed by atoms with E-state index in [2.05, 4.69) is 0 Å². The molecule has 3 aromatic rings. The third-order valence-electron chi connectivity index (χ3n) is 4.45. The van der Waals surface area contributed by atoms with Crippen LogP contribution in [0.15, 0.2) is 54.6 Å². The summed E-state index contributed by atoms with van der Waals surface area (Å²) in [5.74, 6) is 0.235. The van der Waals surface area contributed by atoms with Crippen molar-refractivity contribution < 1.29 is 9.50 Å². The van der Waals surface area contributed by atoms with Gasteiger partial charge < -0.3 is 5.11 Å². The van der Waals surface area contributed by atoms with Crippen LogP contribution in [0, 0.1) is 5.82 Å². The molecule has 0 radical (unpaired) electrons. The molecule has 1 aliphatic carbocycles.